The first-order valence-electron chi connectivity index (χ1n) is 8.20. The molecule has 1 amide bonds. The van der Waals surface area contributed by atoms with Crippen LogP contribution in [0.4, 0.5) is 0 Å². The second kappa shape index (κ2) is 7.69. The maximum absolute atomic E-state index is 12.1. The number of para-hydroxylation sites is 1. The van der Waals surface area contributed by atoms with Crippen LogP contribution < -0.4 is 21.3 Å². The molecule has 2 N–H and O–H groups in total. The summed E-state index contributed by atoms with van der Waals surface area (Å²) in [6.45, 7) is 0.553. The third kappa shape index (κ3) is 3.83. The standard InChI is InChI=1S/C19H19N3O4/c1-26-14-6-4-5-13(11-14)12-20-17(23)9-10-22-16-8-3-2-7-15(16)18(24)21-19(22)25/h2-8,11H,9-10,12H2,1H3,(H,20,23)(H,21,24,25). The fourth-order valence-corrected chi connectivity index (χ4v) is 2.75. The zero-order valence-corrected chi connectivity index (χ0v) is 14.3. The average molecular weight is 353 g/mol. The number of methoxy groups -OCH3 is 1. The molecule has 0 aliphatic heterocycles. The maximum atomic E-state index is 12.1. The Hall–Kier alpha value is -3.35. The van der Waals surface area contributed by atoms with Crippen molar-refractivity contribution in [1.82, 2.24) is 14.9 Å². The van der Waals surface area contributed by atoms with Crippen LogP contribution in [-0.2, 0) is 17.9 Å². The van der Waals surface area contributed by atoms with Crippen molar-refractivity contribution >= 4 is 16.8 Å². The third-order valence-corrected chi connectivity index (χ3v) is 4.09. The SMILES string of the molecule is COc1cccc(CNC(=O)CCn2c(=O)[nH]c(=O)c3ccccc32)c1. The molecule has 1 heterocycles. The molecule has 0 radical (unpaired) electrons. The molecule has 0 fully saturated rings. The second-order valence-electron chi connectivity index (χ2n) is 5.81. The van der Waals surface area contributed by atoms with Gasteiger partial charge < -0.3 is 10.1 Å². The Morgan fingerprint density at radius 1 is 1.15 bits per heavy atom. The highest BCUT2D eigenvalue weighted by Gasteiger charge is 2.09. The van der Waals surface area contributed by atoms with E-state index >= 15 is 0 Å². The number of carbonyl (C=O) groups is 1. The molecule has 0 aliphatic rings. The molecule has 0 saturated heterocycles. The lowest BCUT2D eigenvalue weighted by molar-refractivity contribution is -0.121. The van der Waals surface area contributed by atoms with Gasteiger partial charge in [-0.1, -0.05) is 24.3 Å². The molecule has 2 aromatic carbocycles. The second-order valence-corrected chi connectivity index (χ2v) is 5.81. The minimum atomic E-state index is -0.519. The lowest BCUT2D eigenvalue weighted by atomic mass is 10.2. The Bertz CT molecular complexity index is 1050. The number of benzene rings is 2. The van der Waals surface area contributed by atoms with E-state index in [4.69, 9.17) is 4.74 Å². The van der Waals surface area contributed by atoms with Gasteiger partial charge in [0.1, 0.15) is 5.75 Å². The van der Waals surface area contributed by atoms with Gasteiger partial charge in [-0.2, -0.15) is 0 Å². The van der Waals surface area contributed by atoms with Gasteiger partial charge in [0.15, 0.2) is 0 Å². The van der Waals surface area contributed by atoms with E-state index in [-0.39, 0.29) is 18.9 Å². The molecule has 0 atom stereocenters. The van der Waals surface area contributed by atoms with Crippen LogP contribution in [0.5, 0.6) is 5.75 Å². The summed E-state index contributed by atoms with van der Waals surface area (Å²) in [4.78, 5) is 38.3. The quantitative estimate of drug-likeness (QED) is 0.701. The van der Waals surface area contributed by atoms with E-state index in [9.17, 15) is 14.4 Å². The molecule has 3 aromatic rings. The number of aromatic amines is 1. The zero-order valence-electron chi connectivity index (χ0n) is 14.3. The van der Waals surface area contributed by atoms with Crippen molar-refractivity contribution in [2.45, 2.75) is 19.5 Å². The van der Waals surface area contributed by atoms with Gasteiger partial charge in [0.2, 0.25) is 5.91 Å². The summed E-state index contributed by atoms with van der Waals surface area (Å²) in [5.74, 6) is 0.540. The number of nitrogens with one attached hydrogen (secondary N) is 2. The fourth-order valence-electron chi connectivity index (χ4n) is 2.75. The minimum Gasteiger partial charge on any atom is -0.497 e. The summed E-state index contributed by atoms with van der Waals surface area (Å²) in [5, 5.41) is 3.24. The molecule has 0 saturated carbocycles. The number of hydrogen-bond acceptors (Lipinski definition) is 4. The molecule has 0 aliphatic carbocycles. The number of nitrogens with zero attached hydrogens (tertiary/aromatic N) is 1. The van der Waals surface area contributed by atoms with Crippen LogP contribution in [0.1, 0.15) is 12.0 Å². The number of fused-ring (bicyclic) bond motifs is 1. The Balaban J connectivity index is 1.67. The monoisotopic (exact) mass is 353 g/mol. The van der Waals surface area contributed by atoms with Crippen molar-refractivity contribution < 1.29 is 9.53 Å². The summed E-state index contributed by atoms with van der Waals surface area (Å²) in [6.07, 6.45) is 0.125. The normalized spacial score (nSPS) is 10.7. The van der Waals surface area contributed by atoms with Crippen LogP contribution in [0.2, 0.25) is 0 Å². The van der Waals surface area contributed by atoms with Crippen LogP contribution >= 0.6 is 0 Å². The molecular weight excluding hydrogens is 334 g/mol. The third-order valence-electron chi connectivity index (χ3n) is 4.09. The number of hydrogen-bond donors (Lipinski definition) is 2. The summed E-state index contributed by atoms with van der Waals surface area (Å²) in [6, 6.07) is 14.2. The largest absolute Gasteiger partial charge is 0.497 e. The van der Waals surface area contributed by atoms with E-state index in [1.807, 2.05) is 24.3 Å². The van der Waals surface area contributed by atoms with Crippen molar-refractivity contribution in [3.63, 3.8) is 0 Å². The molecule has 1 aromatic heterocycles. The van der Waals surface area contributed by atoms with E-state index in [0.717, 1.165) is 11.3 Å². The van der Waals surface area contributed by atoms with Gasteiger partial charge in [-0.05, 0) is 29.8 Å². The van der Waals surface area contributed by atoms with Crippen molar-refractivity contribution in [3.8, 4) is 5.75 Å². The van der Waals surface area contributed by atoms with Gasteiger partial charge in [0.05, 0.1) is 18.0 Å². The van der Waals surface area contributed by atoms with Gasteiger partial charge in [-0.25, -0.2) is 4.79 Å². The predicted molar refractivity (Wildman–Crippen MR) is 98.3 cm³/mol. The van der Waals surface area contributed by atoms with E-state index in [0.29, 0.717) is 17.4 Å². The van der Waals surface area contributed by atoms with Crippen LogP contribution in [0, 0.1) is 0 Å². The highest BCUT2D eigenvalue weighted by atomic mass is 16.5. The Labute approximate surface area is 149 Å². The lowest BCUT2D eigenvalue weighted by Gasteiger charge is -2.10. The summed E-state index contributed by atoms with van der Waals surface area (Å²) in [7, 11) is 1.59. The van der Waals surface area contributed by atoms with E-state index in [1.165, 1.54) is 4.57 Å². The van der Waals surface area contributed by atoms with Crippen LogP contribution in [0.3, 0.4) is 0 Å². The van der Waals surface area contributed by atoms with Crippen LogP contribution in [0.25, 0.3) is 10.9 Å². The first-order valence-corrected chi connectivity index (χ1v) is 8.20. The molecule has 0 bridgehead atoms. The number of ether oxygens (including phenoxy) is 1. The summed E-state index contributed by atoms with van der Waals surface area (Å²) in [5.41, 5.74) is 0.491. The molecule has 134 valence electrons. The predicted octanol–water partition coefficient (Wildman–Crippen LogP) is 1.40. The van der Waals surface area contributed by atoms with Crippen LogP contribution in [-0.4, -0.2) is 22.6 Å². The van der Waals surface area contributed by atoms with Crippen molar-refractivity contribution in [2.75, 3.05) is 7.11 Å². The van der Waals surface area contributed by atoms with Gasteiger partial charge in [0, 0.05) is 19.5 Å². The topological polar surface area (TPSA) is 93.2 Å². The first-order chi connectivity index (χ1) is 12.6. The molecule has 26 heavy (non-hydrogen) atoms. The van der Waals surface area contributed by atoms with Gasteiger partial charge in [0.25, 0.3) is 5.56 Å². The van der Waals surface area contributed by atoms with Crippen molar-refractivity contribution in [2.24, 2.45) is 0 Å². The summed E-state index contributed by atoms with van der Waals surface area (Å²) < 4.78 is 6.56. The molecular formula is C19H19N3O4. The van der Waals surface area contributed by atoms with E-state index in [1.54, 1.807) is 31.4 Å². The fraction of sp³-hybridized carbons (Fsp3) is 0.211. The number of aromatic nitrogens is 2. The average Bonchev–Trinajstić information content (AvgIpc) is 2.66. The Morgan fingerprint density at radius 2 is 1.96 bits per heavy atom. The number of carbonyl (C=O) groups excluding carboxylic acids is 1. The smallest absolute Gasteiger partial charge is 0.328 e. The maximum Gasteiger partial charge on any atom is 0.328 e. The van der Waals surface area contributed by atoms with E-state index in [2.05, 4.69) is 10.3 Å². The highest BCUT2D eigenvalue weighted by Crippen LogP contribution is 2.12. The summed E-state index contributed by atoms with van der Waals surface area (Å²) >= 11 is 0. The number of amides is 1. The highest BCUT2D eigenvalue weighted by molar-refractivity contribution is 5.78. The molecule has 7 heteroatoms. The Kier molecular flexibility index (Phi) is 5.17. The van der Waals surface area contributed by atoms with Gasteiger partial charge in [-0.15, -0.1) is 0 Å². The lowest BCUT2D eigenvalue weighted by Crippen LogP contribution is -2.32. The number of rotatable bonds is 6. The van der Waals surface area contributed by atoms with Crippen molar-refractivity contribution in [3.05, 3.63) is 74.9 Å². The van der Waals surface area contributed by atoms with Crippen LogP contribution in [0.15, 0.2) is 58.1 Å². The Morgan fingerprint density at radius 3 is 2.77 bits per heavy atom. The van der Waals surface area contributed by atoms with Gasteiger partial charge in [-0.3, -0.25) is 19.1 Å². The molecule has 0 unspecified atom stereocenters. The molecule has 7 nitrogen and oxygen atoms in total. The zero-order chi connectivity index (χ0) is 18.5. The van der Waals surface area contributed by atoms with Crippen molar-refractivity contribution in [1.29, 1.82) is 0 Å². The van der Waals surface area contributed by atoms with E-state index < -0.39 is 11.2 Å². The number of aryl methyl sites for hydroxylation is 1. The first kappa shape index (κ1) is 17.5. The minimum absolute atomic E-state index is 0.125. The number of H-pyrrole nitrogens is 1. The molecule has 0 spiro atoms. The van der Waals surface area contributed by atoms with Gasteiger partial charge >= 0.3 is 5.69 Å². The molecule has 3 rings (SSSR count).